The van der Waals surface area contributed by atoms with Crippen LogP contribution in [0.25, 0.3) is 0 Å². The van der Waals surface area contributed by atoms with E-state index in [2.05, 4.69) is 5.32 Å². The third kappa shape index (κ3) is 2.48. The van der Waals surface area contributed by atoms with Crippen molar-refractivity contribution in [1.29, 1.82) is 0 Å². The number of nitro groups is 1. The van der Waals surface area contributed by atoms with Gasteiger partial charge in [0.05, 0.1) is 11.0 Å². The molecule has 1 saturated heterocycles. The van der Waals surface area contributed by atoms with Crippen molar-refractivity contribution in [3.05, 3.63) is 39.7 Å². The summed E-state index contributed by atoms with van der Waals surface area (Å²) in [5, 5.41) is 13.9. The van der Waals surface area contributed by atoms with Crippen LogP contribution in [0.2, 0.25) is 0 Å². The van der Waals surface area contributed by atoms with Crippen LogP contribution in [-0.2, 0) is 0 Å². The molecular weight excluding hydrogens is 235 g/mol. The topological polar surface area (TPSA) is 55.2 Å². The average molecular weight is 247 g/mol. The molecule has 0 saturated carbocycles. The second kappa shape index (κ2) is 5.23. The Morgan fingerprint density at radius 1 is 1.50 bits per heavy atom. The standard InChI is InChI=1S/C10H11FN2O2.ClH/c11-7-3-4-8(9-2-1-5-12-9)10(6-7)13(14)15;/h3-4,6,9,12H,1-2,5H2;1H/t9-;/m0./s1. The van der Waals surface area contributed by atoms with Crippen molar-refractivity contribution in [3.63, 3.8) is 0 Å². The predicted molar refractivity (Wildman–Crippen MR) is 60.3 cm³/mol. The minimum absolute atomic E-state index is 0. The summed E-state index contributed by atoms with van der Waals surface area (Å²) < 4.78 is 12.9. The van der Waals surface area contributed by atoms with E-state index in [9.17, 15) is 14.5 Å². The van der Waals surface area contributed by atoms with Crippen molar-refractivity contribution >= 4 is 18.1 Å². The first-order valence-corrected chi connectivity index (χ1v) is 4.85. The lowest BCUT2D eigenvalue weighted by Crippen LogP contribution is -2.14. The summed E-state index contributed by atoms with van der Waals surface area (Å²) in [4.78, 5) is 10.2. The summed E-state index contributed by atoms with van der Waals surface area (Å²) in [7, 11) is 0. The van der Waals surface area contributed by atoms with Crippen molar-refractivity contribution < 1.29 is 9.31 Å². The van der Waals surface area contributed by atoms with Crippen molar-refractivity contribution in [2.45, 2.75) is 18.9 Å². The van der Waals surface area contributed by atoms with E-state index in [1.807, 2.05) is 0 Å². The van der Waals surface area contributed by atoms with Crippen molar-refractivity contribution in [3.8, 4) is 0 Å². The molecule has 0 aliphatic carbocycles. The molecule has 1 heterocycles. The van der Waals surface area contributed by atoms with Gasteiger partial charge in [-0.2, -0.15) is 0 Å². The molecule has 88 valence electrons. The Kier molecular flexibility index (Phi) is 4.20. The average Bonchev–Trinajstić information content (AvgIpc) is 2.70. The summed E-state index contributed by atoms with van der Waals surface area (Å²) in [5.41, 5.74) is 0.452. The van der Waals surface area contributed by atoms with E-state index < -0.39 is 10.7 Å². The molecule has 1 aromatic carbocycles. The molecule has 6 heteroatoms. The van der Waals surface area contributed by atoms with Gasteiger partial charge < -0.3 is 5.32 Å². The number of halogens is 2. The third-order valence-electron chi connectivity index (χ3n) is 2.62. The summed E-state index contributed by atoms with van der Waals surface area (Å²) in [6.45, 7) is 0.860. The third-order valence-corrected chi connectivity index (χ3v) is 2.62. The first kappa shape index (κ1) is 12.9. The molecule has 16 heavy (non-hydrogen) atoms. The van der Waals surface area contributed by atoms with Crippen LogP contribution >= 0.6 is 12.4 Å². The van der Waals surface area contributed by atoms with Crippen molar-refractivity contribution in [2.75, 3.05) is 6.54 Å². The number of hydrogen-bond acceptors (Lipinski definition) is 3. The van der Waals surface area contributed by atoms with Gasteiger partial charge in [0, 0.05) is 11.6 Å². The molecule has 1 atom stereocenters. The maximum absolute atomic E-state index is 12.9. The Balaban J connectivity index is 0.00000128. The van der Waals surface area contributed by atoms with E-state index in [1.54, 1.807) is 0 Å². The molecule has 2 rings (SSSR count). The lowest BCUT2D eigenvalue weighted by molar-refractivity contribution is -0.386. The SMILES string of the molecule is Cl.O=[N+]([O-])c1cc(F)ccc1[C@@H]1CCCN1. The number of nitro benzene ring substituents is 1. The van der Waals surface area contributed by atoms with Crippen LogP contribution in [0.5, 0.6) is 0 Å². The number of nitrogens with zero attached hydrogens (tertiary/aromatic N) is 1. The highest BCUT2D eigenvalue weighted by Gasteiger charge is 2.24. The van der Waals surface area contributed by atoms with E-state index >= 15 is 0 Å². The van der Waals surface area contributed by atoms with Gasteiger partial charge >= 0.3 is 0 Å². The Morgan fingerprint density at radius 2 is 2.25 bits per heavy atom. The molecule has 0 spiro atoms. The molecule has 1 N–H and O–H groups in total. The van der Waals surface area contributed by atoms with E-state index in [0.717, 1.165) is 25.5 Å². The zero-order chi connectivity index (χ0) is 10.8. The first-order valence-electron chi connectivity index (χ1n) is 4.85. The summed E-state index contributed by atoms with van der Waals surface area (Å²) >= 11 is 0. The number of benzene rings is 1. The molecule has 1 fully saturated rings. The van der Waals surface area contributed by atoms with E-state index in [0.29, 0.717) is 5.56 Å². The second-order valence-electron chi connectivity index (χ2n) is 3.61. The minimum atomic E-state index is -0.566. The molecular formula is C10H12ClFN2O2. The number of hydrogen-bond donors (Lipinski definition) is 1. The van der Waals surface area contributed by atoms with Crippen LogP contribution in [0.3, 0.4) is 0 Å². The Labute approximate surface area is 98.4 Å². The lowest BCUT2D eigenvalue weighted by atomic mass is 10.0. The van der Waals surface area contributed by atoms with E-state index in [1.165, 1.54) is 12.1 Å². The van der Waals surface area contributed by atoms with Crippen LogP contribution in [0.4, 0.5) is 10.1 Å². The van der Waals surface area contributed by atoms with E-state index in [-0.39, 0.29) is 24.1 Å². The molecule has 0 amide bonds. The summed E-state index contributed by atoms with van der Waals surface area (Å²) in [6.07, 6.45) is 1.87. The first-order chi connectivity index (χ1) is 7.18. The van der Waals surface area contributed by atoms with Gasteiger partial charge in [-0.05, 0) is 31.5 Å². The maximum Gasteiger partial charge on any atom is 0.277 e. The molecule has 4 nitrogen and oxygen atoms in total. The molecule has 1 aliphatic rings. The molecule has 0 unspecified atom stereocenters. The van der Waals surface area contributed by atoms with Gasteiger partial charge in [-0.3, -0.25) is 10.1 Å². The van der Waals surface area contributed by atoms with Crippen molar-refractivity contribution in [1.82, 2.24) is 5.32 Å². The molecule has 0 aromatic heterocycles. The molecule has 1 aromatic rings. The summed E-state index contributed by atoms with van der Waals surface area (Å²) in [5.74, 6) is -0.566. The monoisotopic (exact) mass is 246 g/mol. The van der Waals surface area contributed by atoms with Gasteiger partial charge in [-0.15, -0.1) is 12.4 Å². The van der Waals surface area contributed by atoms with Crippen LogP contribution < -0.4 is 5.32 Å². The lowest BCUT2D eigenvalue weighted by Gasteiger charge is -2.10. The van der Waals surface area contributed by atoms with Crippen LogP contribution in [0, 0.1) is 15.9 Å². The quantitative estimate of drug-likeness (QED) is 0.645. The maximum atomic E-state index is 12.9. The van der Waals surface area contributed by atoms with E-state index in [4.69, 9.17) is 0 Å². The van der Waals surface area contributed by atoms with Gasteiger partial charge in [-0.25, -0.2) is 4.39 Å². The van der Waals surface area contributed by atoms with Gasteiger partial charge in [0.15, 0.2) is 0 Å². The Bertz CT molecular complexity index is 394. The minimum Gasteiger partial charge on any atom is -0.310 e. The number of rotatable bonds is 2. The Hall–Kier alpha value is -1.20. The van der Waals surface area contributed by atoms with Gasteiger partial charge in [0.25, 0.3) is 5.69 Å². The number of nitrogens with one attached hydrogen (secondary N) is 1. The molecule has 0 bridgehead atoms. The zero-order valence-corrected chi connectivity index (χ0v) is 9.30. The molecule has 1 aliphatic heterocycles. The van der Waals surface area contributed by atoms with Crippen molar-refractivity contribution in [2.24, 2.45) is 0 Å². The van der Waals surface area contributed by atoms with Crippen LogP contribution in [0.1, 0.15) is 24.4 Å². The van der Waals surface area contributed by atoms with Crippen LogP contribution in [0.15, 0.2) is 18.2 Å². The predicted octanol–water partition coefficient (Wildman–Crippen LogP) is 2.58. The largest absolute Gasteiger partial charge is 0.310 e. The van der Waals surface area contributed by atoms with Gasteiger partial charge in [-0.1, -0.05) is 0 Å². The zero-order valence-electron chi connectivity index (χ0n) is 8.48. The fourth-order valence-corrected chi connectivity index (χ4v) is 1.92. The normalized spacial score (nSPS) is 19.2. The fraction of sp³-hybridized carbons (Fsp3) is 0.400. The van der Waals surface area contributed by atoms with Gasteiger partial charge in [0.1, 0.15) is 5.82 Å². The Morgan fingerprint density at radius 3 is 2.81 bits per heavy atom. The second-order valence-corrected chi connectivity index (χ2v) is 3.61. The highest BCUT2D eigenvalue weighted by atomic mass is 35.5. The smallest absolute Gasteiger partial charge is 0.277 e. The highest BCUT2D eigenvalue weighted by Crippen LogP contribution is 2.30. The van der Waals surface area contributed by atoms with Crippen LogP contribution in [-0.4, -0.2) is 11.5 Å². The summed E-state index contributed by atoms with van der Waals surface area (Å²) in [6, 6.07) is 3.74. The van der Waals surface area contributed by atoms with Gasteiger partial charge in [0.2, 0.25) is 0 Å². The molecule has 0 radical (unpaired) electrons. The highest BCUT2D eigenvalue weighted by molar-refractivity contribution is 5.85. The fourth-order valence-electron chi connectivity index (χ4n) is 1.92.